The SMILES string of the molecule is COc1ccc(C2(C)NC(=O)N(CC(=O)c3cc(C)n(CCc4ccc(Cl)cc4)c3C)C2=O)cc1. The van der Waals surface area contributed by atoms with Crippen LogP contribution in [0.1, 0.15) is 39.8 Å². The first-order chi connectivity index (χ1) is 16.6. The van der Waals surface area contributed by atoms with Crippen molar-refractivity contribution >= 4 is 29.3 Å². The van der Waals surface area contributed by atoms with Crippen LogP contribution in [-0.4, -0.2) is 40.8 Å². The number of benzene rings is 2. The Morgan fingerprint density at radius 3 is 2.34 bits per heavy atom. The normalized spacial score (nSPS) is 17.6. The molecule has 4 rings (SSSR count). The number of ketones is 1. The topological polar surface area (TPSA) is 80.6 Å². The molecule has 1 N–H and O–H groups in total. The fourth-order valence-corrected chi connectivity index (χ4v) is 4.63. The summed E-state index contributed by atoms with van der Waals surface area (Å²) in [6.45, 7) is 5.85. The summed E-state index contributed by atoms with van der Waals surface area (Å²) in [7, 11) is 1.56. The van der Waals surface area contributed by atoms with E-state index in [0.29, 0.717) is 28.4 Å². The Kier molecular flexibility index (Phi) is 6.72. The van der Waals surface area contributed by atoms with Gasteiger partial charge in [0, 0.05) is 28.5 Å². The number of rotatable bonds is 8. The van der Waals surface area contributed by atoms with Crippen molar-refractivity contribution in [3.8, 4) is 5.75 Å². The molecule has 0 spiro atoms. The lowest BCUT2D eigenvalue weighted by molar-refractivity contribution is -0.130. The van der Waals surface area contributed by atoms with Crippen LogP contribution in [0.3, 0.4) is 0 Å². The minimum atomic E-state index is -1.25. The Labute approximate surface area is 209 Å². The van der Waals surface area contributed by atoms with Crippen molar-refractivity contribution < 1.29 is 19.1 Å². The van der Waals surface area contributed by atoms with Gasteiger partial charge in [0.05, 0.1) is 13.7 Å². The van der Waals surface area contributed by atoms with Gasteiger partial charge in [0.15, 0.2) is 5.78 Å². The van der Waals surface area contributed by atoms with Gasteiger partial charge >= 0.3 is 6.03 Å². The summed E-state index contributed by atoms with van der Waals surface area (Å²) in [5.41, 5.74) is 2.78. The lowest BCUT2D eigenvalue weighted by atomic mass is 9.92. The number of hydrogen-bond donors (Lipinski definition) is 1. The molecule has 1 aromatic heterocycles. The van der Waals surface area contributed by atoms with Crippen LogP contribution in [0.4, 0.5) is 4.79 Å². The van der Waals surface area contributed by atoms with E-state index >= 15 is 0 Å². The maximum atomic E-state index is 13.2. The number of hydrogen-bond acceptors (Lipinski definition) is 4. The maximum Gasteiger partial charge on any atom is 0.325 e. The van der Waals surface area contributed by atoms with Crippen LogP contribution in [-0.2, 0) is 23.3 Å². The van der Waals surface area contributed by atoms with Gasteiger partial charge in [-0.25, -0.2) is 4.79 Å². The van der Waals surface area contributed by atoms with Crippen LogP contribution in [0.2, 0.25) is 5.02 Å². The van der Waals surface area contributed by atoms with Crippen LogP contribution in [0.25, 0.3) is 0 Å². The van der Waals surface area contributed by atoms with E-state index in [1.54, 1.807) is 38.3 Å². The highest BCUT2D eigenvalue weighted by Crippen LogP contribution is 2.30. The summed E-state index contributed by atoms with van der Waals surface area (Å²) in [5.74, 6) is -0.0940. The standard InChI is InChI=1S/C27H28ClN3O4/c1-17-15-23(18(2)30(17)14-13-19-5-9-21(28)10-6-19)24(32)16-31-25(33)27(3,29-26(31)34)20-7-11-22(35-4)12-8-20/h5-12,15H,13-14,16H2,1-4H3,(H,29,34). The first kappa shape index (κ1) is 24.5. The highest BCUT2D eigenvalue weighted by atomic mass is 35.5. The molecule has 1 aliphatic heterocycles. The number of methoxy groups -OCH3 is 1. The molecule has 1 fully saturated rings. The minimum Gasteiger partial charge on any atom is -0.497 e. The highest BCUT2D eigenvalue weighted by Gasteiger charge is 2.49. The average molecular weight is 494 g/mol. The third-order valence-corrected chi connectivity index (χ3v) is 6.91. The number of nitrogens with one attached hydrogen (secondary N) is 1. The van der Waals surface area contributed by atoms with E-state index in [-0.39, 0.29) is 12.3 Å². The number of imide groups is 1. The Morgan fingerprint density at radius 2 is 1.71 bits per heavy atom. The summed E-state index contributed by atoms with van der Waals surface area (Å²) in [6, 6.07) is 15.9. The van der Waals surface area contributed by atoms with Gasteiger partial charge in [0.1, 0.15) is 11.3 Å². The van der Waals surface area contributed by atoms with Gasteiger partial charge in [0.2, 0.25) is 0 Å². The number of amides is 3. The summed E-state index contributed by atoms with van der Waals surface area (Å²) in [6.07, 6.45) is 0.786. The van der Waals surface area contributed by atoms with Gasteiger partial charge < -0.3 is 14.6 Å². The molecule has 1 unspecified atom stereocenters. The number of aromatic nitrogens is 1. The molecule has 1 atom stereocenters. The second-order valence-electron chi connectivity index (χ2n) is 8.91. The molecular weight excluding hydrogens is 466 g/mol. The van der Waals surface area contributed by atoms with Crippen molar-refractivity contribution in [2.24, 2.45) is 0 Å². The summed E-state index contributed by atoms with van der Waals surface area (Å²) < 4.78 is 7.25. The van der Waals surface area contributed by atoms with Crippen LogP contribution in [0, 0.1) is 13.8 Å². The van der Waals surface area contributed by atoms with Gasteiger partial charge in [-0.05, 0) is 68.7 Å². The monoisotopic (exact) mass is 493 g/mol. The van der Waals surface area contributed by atoms with Crippen molar-refractivity contribution in [3.63, 3.8) is 0 Å². The van der Waals surface area contributed by atoms with Gasteiger partial charge in [-0.1, -0.05) is 35.9 Å². The maximum absolute atomic E-state index is 13.2. The van der Waals surface area contributed by atoms with E-state index in [4.69, 9.17) is 16.3 Å². The van der Waals surface area contributed by atoms with Gasteiger partial charge in [0.25, 0.3) is 5.91 Å². The summed E-state index contributed by atoms with van der Waals surface area (Å²) >= 11 is 5.97. The molecule has 3 amide bonds. The number of carbonyl (C=O) groups excluding carboxylic acids is 3. The van der Waals surface area contributed by atoms with Crippen molar-refractivity contribution in [1.29, 1.82) is 0 Å². The predicted octanol–water partition coefficient (Wildman–Crippen LogP) is 4.66. The number of carbonyl (C=O) groups is 3. The Balaban J connectivity index is 1.49. The van der Waals surface area contributed by atoms with Crippen molar-refractivity contribution in [1.82, 2.24) is 14.8 Å². The molecule has 0 aliphatic carbocycles. The third-order valence-electron chi connectivity index (χ3n) is 6.66. The first-order valence-corrected chi connectivity index (χ1v) is 11.7. The molecule has 2 aromatic carbocycles. The van der Waals surface area contributed by atoms with E-state index in [2.05, 4.69) is 9.88 Å². The zero-order chi connectivity index (χ0) is 25.3. The molecule has 0 bridgehead atoms. The second kappa shape index (κ2) is 9.58. The summed E-state index contributed by atoms with van der Waals surface area (Å²) in [4.78, 5) is 40.1. The predicted molar refractivity (Wildman–Crippen MR) is 134 cm³/mol. The van der Waals surface area contributed by atoms with Crippen LogP contribution >= 0.6 is 11.6 Å². The molecule has 3 aromatic rings. The van der Waals surface area contributed by atoms with E-state index < -0.39 is 17.5 Å². The van der Waals surface area contributed by atoms with Crippen molar-refractivity contribution in [3.05, 3.63) is 87.7 Å². The molecule has 2 heterocycles. The number of Topliss-reactive ketones (excluding diaryl/α,β-unsaturated/α-hetero) is 1. The molecular formula is C27H28ClN3O4. The lowest BCUT2D eigenvalue weighted by Crippen LogP contribution is -2.41. The molecule has 182 valence electrons. The van der Waals surface area contributed by atoms with Crippen LogP contribution in [0.5, 0.6) is 5.75 Å². The number of aryl methyl sites for hydroxylation is 2. The lowest BCUT2D eigenvalue weighted by Gasteiger charge is -2.22. The Bertz CT molecular complexity index is 1280. The summed E-state index contributed by atoms with van der Waals surface area (Å²) in [5, 5.41) is 3.44. The van der Waals surface area contributed by atoms with Gasteiger partial charge in [-0.2, -0.15) is 0 Å². The molecule has 8 heteroatoms. The fraction of sp³-hybridized carbons (Fsp3) is 0.296. The quantitative estimate of drug-likeness (QED) is 0.365. The van der Waals surface area contributed by atoms with Crippen LogP contribution in [0.15, 0.2) is 54.6 Å². The molecule has 0 radical (unpaired) electrons. The molecule has 1 aliphatic rings. The van der Waals surface area contributed by atoms with Crippen LogP contribution < -0.4 is 10.1 Å². The number of halogens is 1. The van der Waals surface area contributed by atoms with E-state index in [1.807, 2.05) is 44.2 Å². The highest BCUT2D eigenvalue weighted by molar-refractivity contribution is 6.30. The molecule has 0 saturated carbocycles. The average Bonchev–Trinajstić information content (AvgIpc) is 3.25. The number of urea groups is 1. The van der Waals surface area contributed by atoms with Gasteiger partial charge in [-0.3, -0.25) is 14.5 Å². The zero-order valence-corrected chi connectivity index (χ0v) is 21.0. The smallest absolute Gasteiger partial charge is 0.325 e. The first-order valence-electron chi connectivity index (χ1n) is 11.4. The van der Waals surface area contributed by atoms with E-state index in [1.165, 1.54) is 0 Å². The van der Waals surface area contributed by atoms with E-state index in [0.717, 1.165) is 28.3 Å². The van der Waals surface area contributed by atoms with E-state index in [9.17, 15) is 14.4 Å². The Hall–Kier alpha value is -3.58. The molecule has 1 saturated heterocycles. The van der Waals surface area contributed by atoms with Crippen molar-refractivity contribution in [2.75, 3.05) is 13.7 Å². The third kappa shape index (κ3) is 4.68. The molecule has 7 nitrogen and oxygen atoms in total. The fourth-order valence-electron chi connectivity index (χ4n) is 4.51. The van der Waals surface area contributed by atoms with Crippen molar-refractivity contribution in [2.45, 2.75) is 39.3 Å². The Morgan fingerprint density at radius 1 is 1.06 bits per heavy atom. The minimum absolute atomic E-state index is 0.279. The number of ether oxygens (including phenoxy) is 1. The largest absolute Gasteiger partial charge is 0.497 e. The number of nitrogens with zero attached hydrogens (tertiary/aromatic N) is 2. The van der Waals surface area contributed by atoms with Gasteiger partial charge in [-0.15, -0.1) is 0 Å². The zero-order valence-electron chi connectivity index (χ0n) is 20.2. The second-order valence-corrected chi connectivity index (χ2v) is 9.35. The molecule has 35 heavy (non-hydrogen) atoms.